The summed E-state index contributed by atoms with van der Waals surface area (Å²) in [7, 11) is -3.08. The highest BCUT2D eigenvalue weighted by Crippen LogP contribution is 2.21. The normalized spacial score (nSPS) is 13.8. The molecular weight excluding hydrogens is 425 g/mol. The van der Waals surface area contributed by atoms with Crippen molar-refractivity contribution in [1.82, 2.24) is 0 Å². The molecule has 0 fully saturated rings. The molecule has 30 heavy (non-hydrogen) atoms. The molecule has 0 aliphatic carbocycles. The Hall–Kier alpha value is 0.491. The van der Waals surface area contributed by atoms with Gasteiger partial charge in [0.2, 0.25) is 0 Å². The lowest BCUT2D eigenvalue weighted by Gasteiger charge is -2.31. The molecule has 0 bridgehead atoms. The summed E-state index contributed by atoms with van der Waals surface area (Å²) in [6, 6.07) is 3.83. The molecule has 0 unspecified atom stereocenters. The Balaban J connectivity index is 4.53. The van der Waals surface area contributed by atoms with Crippen molar-refractivity contribution < 1.29 is 19.3 Å². The highest BCUT2D eigenvalue weighted by Gasteiger charge is 2.31. The van der Waals surface area contributed by atoms with Gasteiger partial charge in [-0.1, -0.05) is 77.1 Å². The van der Waals surface area contributed by atoms with Crippen LogP contribution in [-0.4, -0.2) is 75.6 Å². The van der Waals surface area contributed by atoms with Crippen molar-refractivity contribution in [2.24, 2.45) is 5.41 Å². The van der Waals surface area contributed by atoms with Crippen LogP contribution in [0.15, 0.2) is 0 Å². The van der Waals surface area contributed by atoms with Gasteiger partial charge in [-0.2, -0.15) is 0 Å². The third kappa shape index (κ3) is 19.2. The molecule has 0 aromatic rings. The number of aliphatic hydroxyl groups excluding tert-OH is 1. The van der Waals surface area contributed by atoms with E-state index in [2.05, 4.69) is 58.9 Å². The zero-order chi connectivity index (χ0) is 23.3. The van der Waals surface area contributed by atoms with Crippen molar-refractivity contribution in [3.05, 3.63) is 0 Å². The summed E-state index contributed by atoms with van der Waals surface area (Å²) < 4.78 is 18.1. The predicted octanol–water partition coefficient (Wildman–Crippen LogP) is 6.20. The van der Waals surface area contributed by atoms with Crippen molar-refractivity contribution in [3.63, 3.8) is 0 Å². The van der Waals surface area contributed by atoms with Crippen LogP contribution in [-0.2, 0) is 14.2 Å². The van der Waals surface area contributed by atoms with Crippen LogP contribution in [0, 0.1) is 5.41 Å². The third-order valence-electron chi connectivity index (χ3n) is 5.21. The Morgan fingerprint density at radius 3 is 1.00 bits per heavy atom. The summed E-state index contributed by atoms with van der Waals surface area (Å²) in [5.74, 6) is 0. The Labute approximate surface area is 191 Å². The molecule has 0 heterocycles. The molecule has 0 rings (SSSR count). The van der Waals surface area contributed by atoms with Crippen LogP contribution in [0.5, 0.6) is 0 Å². The minimum atomic E-state index is -1.03. The lowest BCUT2D eigenvalue weighted by atomic mass is 9.92. The first kappa shape index (κ1) is 30.5. The number of ether oxygens (including phenoxy) is 3. The fourth-order valence-electron chi connectivity index (χ4n) is 3.24. The molecule has 0 spiro atoms. The molecule has 0 amide bonds. The summed E-state index contributed by atoms with van der Waals surface area (Å²) in [6.07, 6.45) is 3.31. The molecule has 182 valence electrons. The smallest absolute Gasteiger partial charge is 0.0635 e. The molecule has 7 heteroatoms. The van der Waals surface area contributed by atoms with Crippen LogP contribution in [0.2, 0.25) is 77.1 Å². The highest BCUT2D eigenvalue weighted by atomic mass is 28.3. The van der Waals surface area contributed by atoms with Gasteiger partial charge in [0.25, 0.3) is 0 Å². The first-order valence-corrected chi connectivity index (χ1v) is 23.1. The Bertz CT molecular complexity index is 366. The summed E-state index contributed by atoms with van der Waals surface area (Å²) in [5, 5.41) is 10.2. The van der Waals surface area contributed by atoms with Crippen molar-refractivity contribution in [1.29, 1.82) is 0 Å². The van der Waals surface area contributed by atoms with E-state index < -0.39 is 29.6 Å². The first-order chi connectivity index (χ1) is 13.7. The average Bonchev–Trinajstić information content (AvgIpc) is 2.57. The molecule has 0 aliphatic heterocycles. The first-order valence-electron chi connectivity index (χ1n) is 12.0. The minimum absolute atomic E-state index is 0.0447. The largest absolute Gasteiger partial charge is 0.396 e. The van der Waals surface area contributed by atoms with E-state index in [4.69, 9.17) is 14.2 Å². The Kier molecular flexibility index (Phi) is 14.8. The molecule has 0 saturated heterocycles. The molecule has 0 atom stereocenters. The van der Waals surface area contributed by atoms with Crippen molar-refractivity contribution in [2.75, 3.05) is 46.2 Å². The van der Waals surface area contributed by atoms with Gasteiger partial charge >= 0.3 is 0 Å². The van der Waals surface area contributed by atoms with E-state index in [1.54, 1.807) is 0 Å². The SMILES string of the molecule is C[Si](C)(C)CCCOCC(CO)(COCCC[Si](C)(C)C)COCCC[Si](C)(C)C. The van der Waals surface area contributed by atoms with Gasteiger partial charge in [-0.25, -0.2) is 0 Å². The van der Waals surface area contributed by atoms with Crippen LogP contribution < -0.4 is 0 Å². The molecule has 4 nitrogen and oxygen atoms in total. The van der Waals surface area contributed by atoms with Gasteiger partial charge in [0.05, 0.1) is 31.8 Å². The predicted molar refractivity (Wildman–Crippen MR) is 140 cm³/mol. The second-order valence-corrected chi connectivity index (χ2v) is 29.7. The minimum Gasteiger partial charge on any atom is -0.396 e. The molecule has 1 N–H and O–H groups in total. The maximum Gasteiger partial charge on any atom is 0.0635 e. The number of hydrogen-bond acceptors (Lipinski definition) is 4. The van der Waals surface area contributed by atoms with Gasteiger partial charge in [0.1, 0.15) is 0 Å². The lowest BCUT2D eigenvalue weighted by Crippen LogP contribution is -2.41. The second-order valence-electron chi connectivity index (χ2n) is 12.8. The van der Waals surface area contributed by atoms with Crippen LogP contribution in [0.1, 0.15) is 19.3 Å². The van der Waals surface area contributed by atoms with Gasteiger partial charge in [0.15, 0.2) is 0 Å². The van der Waals surface area contributed by atoms with Gasteiger partial charge < -0.3 is 19.3 Å². The third-order valence-corrected chi connectivity index (χ3v) is 10.8. The van der Waals surface area contributed by atoms with Crippen molar-refractivity contribution >= 4 is 24.2 Å². The zero-order valence-electron chi connectivity index (χ0n) is 21.9. The van der Waals surface area contributed by atoms with E-state index in [0.29, 0.717) is 19.8 Å². The quantitative estimate of drug-likeness (QED) is 0.177. The molecule has 0 radical (unpaired) electrons. The summed E-state index contributed by atoms with van der Waals surface area (Å²) in [6.45, 7) is 25.4. The van der Waals surface area contributed by atoms with E-state index in [9.17, 15) is 5.11 Å². The van der Waals surface area contributed by atoms with Gasteiger partial charge in [-0.3, -0.25) is 0 Å². The monoisotopic (exact) mass is 478 g/mol. The molecule has 0 aliphatic rings. The van der Waals surface area contributed by atoms with Crippen LogP contribution >= 0.6 is 0 Å². The van der Waals surface area contributed by atoms with Crippen LogP contribution in [0.25, 0.3) is 0 Å². The molecule has 0 aromatic heterocycles. The fraction of sp³-hybridized carbons (Fsp3) is 1.00. The maximum absolute atomic E-state index is 10.2. The van der Waals surface area contributed by atoms with E-state index in [1.807, 2.05) is 0 Å². The van der Waals surface area contributed by atoms with Crippen LogP contribution in [0.4, 0.5) is 0 Å². The zero-order valence-corrected chi connectivity index (χ0v) is 24.9. The van der Waals surface area contributed by atoms with Crippen LogP contribution in [0.3, 0.4) is 0 Å². The fourth-order valence-corrected chi connectivity index (χ4v) is 6.86. The van der Waals surface area contributed by atoms with Crippen molar-refractivity contribution in [3.8, 4) is 0 Å². The maximum atomic E-state index is 10.2. The topological polar surface area (TPSA) is 47.9 Å². The molecular formula is C23H54O4Si3. The van der Waals surface area contributed by atoms with E-state index >= 15 is 0 Å². The summed E-state index contributed by atoms with van der Waals surface area (Å²) in [4.78, 5) is 0. The molecule has 0 aromatic carbocycles. The second kappa shape index (κ2) is 14.6. The van der Waals surface area contributed by atoms with Gasteiger partial charge in [0, 0.05) is 44.0 Å². The van der Waals surface area contributed by atoms with E-state index in [0.717, 1.165) is 39.1 Å². The Morgan fingerprint density at radius 2 is 0.800 bits per heavy atom. The Morgan fingerprint density at radius 1 is 0.533 bits per heavy atom. The lowest BCUT2D eigenvalue weighted by molar-refractivity contribution is -0.0926. The van der Waals surface area contributed by atoms with Crippen molar-refractivity contribution in [2.45, 2.75) is 96.3 Å². The van der Waals surface area contributed by atoms with E-state index in [1.165, 1.54) is 18.1 Å². The molecule has 0 saturated carbocycles. The highest BCUT2D eigenvalue weighted by molar-refractivity contribution is 6.76. The number of rotatable bonds is 19. The standard InChI is InChI=1S/C23H54O4Si3/c1-28(2,3)16-10-13-25-20-23(19-24,21-26-14-11-17-29(4,5)6)22-27-15-12-18-30(7,8)9/h24H,10-22H2,1-9H3. The van der Waals surface area contributed by atoms with Gasteiger partial charge in [-0.05, 0) is 19.3 Å². The van der Waals surface area contributed by atoms with E-state index in [-0.39, 0.29) is 6.61 Å². The summed E-state index contributed by atoms with van der Waals surface area (Å²) in [5.41, 5.74) is -0.447. The summed E-state index contributed by atoms with van der Waals surface area (Å²) >= 11 is 0. The average molecular weight is 479 g/mol. The number of hydrogen-bond donors (Lipinski definition) is 1. The number of aliphatic hydroxyl groups is 1. The van der Waals surface area contributed by atoms with Gasteiger partial charge in [-0.15, -0.1) is 0 Å².